The van der Waals surface area contributed by atoms with Crippen molar-refractivity contribution in [3.8, 4) is 5.88 Å². The molecule has 1 unspecified atom stereocenters. The number of rotatable bonds is 6. The van der Waals surface area contributed by atoms with E-state index in [1.54, 1.807) is 0 Å². The molecule has 192 valence electrons. The van der Waals surface area contributed by atoms with Crippen LogP contribution in [0.15, 0.2) is 54.9 Å². The number of benzene rings is 1. The molecule has 1 aromatic carbocycles. The number of carbonyl (C=O) groups excluding carboxylic acids is 3. The molecule has 12 heteroatoms. The number of hydrogen-bond donors (Lipinski definition) is 2. The molecule has 4 rings (SSSR count). The minimum atomic E-state index is -4.55. The van der Waals surface area contributed by atoms with Crippen LogP contribution in [0.1, 0.15) is 45.2 Å². The third-order valence-corrected chi connectivity index (χ3v) is 5.98. The molecule has 37 heavy (non-hydrogen) atoms. The number of halogens is 3. The number of aromatic nitrogens is 2. The van der Waals surface area contributed by atoms with Gasteiger partial charge in [0.25, 0.3) is 5.91 Å². The lowest BCUT2D eigenvalue weighted by Gasteiger charge is -2.29. The molecule has 1 aliphatic rings. The van der Waals surface area contributed by atoms with E-state index in [1.165, 1.54) is 30.3 Å². The molecule has 2 heterocycles. The Kier molecular flexibility index (Phi) is 7.09. The van der Waals surface area contributed by atoms with E-state index < -0.39 is 35.5 Å². The molecule has 2 aromatic heterocycles. The fraction of sp³-hybridized carbons (Fsp3) is 0.240. The Morgan fingerprint density at radius 3 is 2.54 bits per heavy atom. The number of nitrogens with one attached hydrogen (secondary N) is 1. The van der Waals surface area contributed by atoms with Gasteiger partial charge in [-0.2, -0.15) is 13.2 Å². The van der Waals surface area contributed by atoms with Gasteiger partial charge in [0.2, 0.25) is 5.88 Å². The van der Waals surface area contributed by atoms with Gasteiger partial charge in [-0.3, -0.25) is 19.4 Å². The SMILES string of the molecule is COc1ncc(NC(=O)C(=O)N(Cc2ccc(C(F)(F)F)cn2)C2CCc3ccccc32)cc1C(N)=O. The molecule has 1 atom stereocenters. The maximum absolute atomic E-state index is 13.4. The summed E-state index contributed by atoms with van der Waals surface area (Å²) in [4.78, 5) is 47.1. The van der Waals surface area contributed by atoms with Gasteiger partial charge in [0.05, 0.1) is 42.8 Å². The van der Waals surface area contributed by atoms with Crippen LogP contribution in [0.4, 0.5) is 18.9 Å². The second kappa shape index (κ2) is 10.2. The van der Waals surface area contributed by atoms with Gasteiger partial charge in [0.1, 0.15) is 5.56 Å². The van der Waals surface area contributed by atoms with Crippen molar-refractivity contribution in [1.29, 1.82) is 0 Å². The Labute approximate surface area is 209 Å². The Hall–Kier alpha value is -4.48. The van der Waals surface area contributed by atoms with Crippen molar-refractivity contribution in [3.05, 3.63) is 82.8 Å². The fourth-order valence-electron chi connectivity index (χ4n) is 4.22. The first-order chi connectivity index (χ1) is 17.6. The van der Waals surface area contributed by atoms with E-state index in [0.717, 1.165) is 17.2 Å². The molecule has 0 spiro atoms. The Morgan fingerprint density at radius 1 is 1.14 bits per heavy atom. The van der Waals surface area contributed by atoms with Crippen LogP contribution in [-0.4, -0.2) is 39.7 Å². The van der Waals surface area contributed by atoms with Crippen molar-refractivity contribution in [2.75, 3.05) is 12.4 Å². The lowest BCUT2D eigenvalue weighted by Crippen LogP contribution is -2.41. The van der Waals surface area contributed by atoms with E-state index in [2.05, 4.69) is 15.3 Å². The van der Waals surface area contributed by atoms with Crippen LogP contribution < -0.4 is 15.8 Å². The van der Waals surface area contributed by atoms with Crippen LogP contribution in [0.2, 0.25) is 0 Å². The summed E-state index contributed by atoms with van der Waals surface area (Å²) in [6.45, 7) is -0.198. The van der Waals surface area contributed by atoms with E-state index >= 15 is 0 Å². The quantitative estimate of drug-likeness (QED) is 0.487. The first-order valence-electron chi connectivity index (χ1n) is 11.1. The van der Waals surface area contributed by atoms with E-state index in [0.29, 0.717) is 19.0 Å². The second-order valence-corrected chi connectivity index (χ2v) is 8.32. The molecule has 0 saturated carbocycles. The Bertz CT molecular complexity index is 1340. The smallest absolute Gasteiger partial charge is 0.417 e. The molecule has 0 fully saturated rings. The number of anilines is 1. The molecule has 0 radical (unpaired) electrons. The number of primary amides is 1. The summed E-state index contributed by atoms with van der Waals surface area (Å²) < 4.78 is 43.9. The highest BCUT2D eigenvalue weighted by molar-refractivity contribution is 6.39. The summed E-state index contributed by atoms with van der Waals surface area (Å²) in [5.41, 5.74) is 6.38. The molecular formula is C25H22F3N5O4. The highest BCUT2D eigenvalue weighted by Crippen LogP contribution is 2.37. The first-order valence-corrected chi connectivity index (χ1v) is 11.1. The predicted octanol–water partition coefficient (Wildman–Crippen LogP) is 3.26. The zero-order valence-electron chi connectivity index (χ0n) is 19.6. The lowest BCUT2D eigenvalue weighted by molar-refractivity contribution is -0.145. The maximum Gasteiger partial charge on any atom is 0.417 e. The molecule has 1 aliphatic carbocycles. The summed E-state index contributed by atoms with van der Waals surface area (Å²) in [6, 6.07) is 10.2. The van der Waals surface area contributed by atoms with Crippen LogP contribution in [0, 0.1) is 0 Å². The van der Waals surface area contributed by atoms with Gasteiger partial charge in [0, 0.05) is 6.20 Å². The highest BCUT2D eigenvalue weighted by atomic mass is 19.4. The van der Waals surface area contributed by atoms with Crippen LogP contribution in [0.3, 0.4) is 0 Å². The minimum absolute atomic E-state index is 0.0346. The number of fused-ring (bicyclic) bond motifs is 1. The summed E-state index contributed by atoms with van der Waals surface area (Å²) >= 11 is 0. The minimum Gasteiger partial charge on any atom is -0.480 e. The van der Waals surface area contributed by atoms with Gasteiger partial charge in [-0.1, -0.05) is 24.3 Å². The van der Waals surface area contributed by atoms with E-state index in [-0.39, 0.29) is 29.4 Å². The van der Waals surface area contributed by atoms with Crippen LogP contribution in [-0.2, 0) is 28.7 Å². The standard InChI is InChI=1S/C25H22F3N5O4/c1-37-23-19(21(29)34)10-17(12-31-23)32-22(35)24(36)33(20-9-6-14-4-2-3-5-18(14)20)13-16-8-7-15(11-30-16)25(26,27)28/h2-5,7-8,10-12,20H,6,9,13H2,1H3,(H2,29,34)(H,32,35). The van der Waals surface area contributed by atoms with Gasteiger partial charge >= 0.3 is 18.0 Å². The fourth-order valence-corrected chi connectivity index (χ4v) is 4.22. The van der Waals surface area contributed by atoms with Gasteiger partial charge in [-0.15, -0.1) is 0 Å². The predicted molar refractivity (Wildman–Crippen MR) is 125 cm³/mol. The normalized spacial score (nSPS) is 14.5. The Morgan fingerprint density at radius 2 is 1.89 bits per heavy atom. The zero-order chi connectivity index (χ0) is 26.7. The number of amides is 3. The molecule has 9 nitrogen and oxygen atoms in total. The average molecular weight is 513 g/mol. The summed E-state index contributed by atoms with van der Waals surface area (Å²) in [6.07, 6.45) is -1.48. The number of nitrogens with two attached hydrogens (primary N) is 1. The number of hydrogen-bond acceptors (Lipinski definition) is 6. The molecule has 0 bridgehead atoms. The molecule has 3 aromatic rings. The van der Waals surface area contributed by atoms with Crippen LogP contribution in [0.25, 0.3) is 0 Å². The lowest BCUT2D eigenvalue weighted by atomic mass is 10.1. The van der Waals surface area contributed by atoms with Gasteiger partial charge < -0.3 is 20.7 Å². The summed E-state index contributed by atoms with van der Waals surface area (Å²) in [5, 5.41) is 2.41. The summed E-state index contributed by atoms with van der Waals surface area (Å²) in [5.74, 6) is -2.85. The maximum atomic E-state index is 13.4. The van der Waals surface area contributed by atoms with Crippen molar-refractivity contribution in [2.45, 2.75) is 31.6 Å². The second-order valence-electron chi connectivity index (χ2n) is 8.32. The summed E-state index contributed by atoms with van der Waals surface area (Å²) in [7, 11) is 1.29. The first kappa shape index (κ1) is 25.6. The van der Waals surface area contributed by atoms with Crippen molar-refractivity contribution in [1.82, 2.24) is 14.9 Å². The third-order valence-electron chi connectivity index (χ3n) is 5.98. The molecule has 3 amide bonds. The van der Waals surface area contributed by atoms with E-state index in [4.69, 9.17) is 10.5 Å². The van der Waals surface area contributed by atoms with Crippen molar-refractivity contribution in [2.24, 2.45) is 5.73 Å². The van der Waals surface area contributed by atoms with Gasteiger partial charge in [0.15, 0.2) is 0 Å². The van der Waals surface area contributed by atoms with Crippen LogP contribution in [0.5, 0.6) is 5.88 Å². The van der Waals surface area contributed by atoms with Gasteiger partial charge in [-0.05, 0) is 42.2 Å². The number of alkyl halides is 3. The largest absolute Gasteiger partial charge is 0.480 e. The van der Waals surface area contributed by atoms with Crippen LogP contribution >= 0.6 is 0 Å². The number of ether oxygens (including phenoxy) is 1. The molecule has 0 aliphatic heterocycles. The molecule has 0 saturated heterocycles. The number of carbonyl (C=O) groups is 3. The molecule has 3 N–H and O–H groups in total. The van der Waals surface area contributed by atoms with E-state index in [9.17, 15) is 27.6 Å². The number of aryl methyl sites for hydroxylation is 1. The van der Waals surface area contributed by atoms with Gasteiger partial charge in [-0.25, -0.2) is 4.98 Å². The number of pyridine rings is 2. The Balaban J connectivity index is 1.62. The zero-order valence-corrected chi connectivity index (χ0v) is 19.6. The van der Waals surface area contributed by atoms with Crippen molar-refractivity contribution < 1.29 is 32.3 Å². The number of nitrogens with zero attached hydrogens (tertiary/aromatic N) is 3. The van der Waals surface area contributed by atoms with E-state index in [1.807, 2.05) is 24.3 Å². The third kappa shape index (κ3) is 5.52. The molecular weight excluding hydrogens is 491 g/mol. The van der Waals surface area contributed by atoms with Crippen molar-refractivity contribution >= 4 is 23.4 Å². The monoisotopic (exact) mass is 513 g/mol. The number of methoxy groups -OCH3 is 1. The highest BCUT2D eigenvalue weighted by Gasteiger charge is 2.35. The topological polar surface area (TPSA) is 128 Å². The van der Waals surface area contributed by atoms with Crippen molar-refractivity contribution in [3.63, 3.8) is 0 Å². The average Bonchev–Trinajstić information content (AvgIpc) is 3.30.